The van der Waals surface area contributed by atoms with Crippen LogP contribution in [0.5, 0.6) is 0 Å². The molecule has 2 heterocycles. The van der Waals surface area contributed by atoms with E-state index >= 15 is 0 Å². The molecular formula is C20H31ClN4O2. The first kappa shape index (κ1) is 21.5. The minimum Gasteiger partial charge on any atom is -0.338 e. The third kappa shape index (κ3) is 5.36. The summed E-state index contributed by atoms with van der Waals surface area (Å²) >= 11 is 0. The van der Waals surface area contributed by atoms with Crippen LogP contribution in [0.3, 0.4) is 0 Å². The number of nitrogens with zero attached hydrogens (tertiary/aromatic N) is 2. The quantitative estimate of drug-likeness (QED) is 0.804. The molecule has 7 heteroatoms. The first-order valence-corrected chi connectivity index (χ1v) is 9.61. The second-order valence-electron chi connectivity index (χ2n) is 7.44. The van der Waals surface area contributed by atoms with Crippen molar-refractivity contribution in [1.29, 1.82) is 0 Å². The van der Waals surface area contributed by atoms with Crippen molar-refractivity contribution in [3.05, 3.63) is 35.4 Å². The number of aryl methyl sites for hydroxylation is 1. The van der Waals surface area contributed by atoms with E-state index in [9.17, 15) is 9.59 Å². The van der Waals surface area contributed by atoms with Gasteiger partial charge in [-0.05, 0) is 38.3 Å². The van der Waals surface area contributed by atoms with Crippen molar-refractivity contribution < 1.29 is 9.59 Å². The Kier molecular flexibility index (Phi) is 7.92. The Hall–Kier alpha value is -1.79. The molecule has 0 spiro atoms. The Morgan fingerprint density at radius 1 is 1.22 bits per heavy atom. The van der Waals surface area contributed by atoms with Crippen LogP contribution >= 0.6 is 12.4 Å². The van der Waals surface area contributed by atoms with Gasteiger partial charge in [-0.2, -0.15) is 0 Å². The molecule has 3 amide bonds. The molecule has 0 aromatic heterocycles. The van der Waals surface area contributed by atoms with Crippen LogP contribution in [0.15, 0.2) is 24.3 Å². The van der Waals surface area contributed by atoms with Crippen molar-refractivity contribution in [2.24, 2.45) is 5.92 Å². The van der Waals surface area contributed by atoms with Gasteiger partial charge in [0.25, 0.3) is 0 Å². The molecule has 3 rings (SSSR count). The number of halogens is 1. The predicted octanol–water partition coefficient (Wildman–Crippen LogP) is 2.16. The molecule has 2 atom stereocenters. The fourth-order valence-corrected chi connectivity index (χ4v) is 4.05. The first-order chi connectivity index (χ1) is 12.6. The molecule has 0 aliphatic carbocycles. The number of fused-ring (bicyclic) bond motifs is 1. The van der Waals surface area contributed by atoms with E-state index in [0.29, 0.717) is 25.4 Å². The van der Waals surface area contributed by atoms with Crippen LogP contribution in [0.2, 0.25) is 0 Å². The van der Waals surface area contributed by atoms with Gasteiger partial charge in [-0.3, -0.25) is 4.79 Å². The molecule has 2 saturated heterocycles. The van der Waals surface area contributed by atoms with Gasteiger partial charge in [-0.25, -0.2) is 4.79 Å². The Labute approximate surface area is 168 Å². The minimum absolute atomic E-state index is 0. The van der Waals surface area contributed by atoms with Crippen molar-refractivity contribution in [3.63, 3.8) is 0 Å². The fourth-order valence-electron chi connectivity index (χ4n) is 4.05. The lowest BCUT2D eigenvalue weighted by Gasteiger charge is -2.47. The number of carbonyl (C=O) groups is 2. The highest BCUT2D eigenvalue weighted by Gasteiger charge is 2.39. The highest BCUT2D eigenvalue weighted by atomic mass is 35.5. The van der Waals surface area contributed by atoms with Crippen molar-refractivity contribution >= 4 is 24.3 Å². The zero-order valence-corrected chi connectivity index (χ0v) is 17.1. The lowest BCUT2D eigenvalue weighted by Crippen LogP contribution is -2.58. The molecule has 0 radical (unpaired) electrons. The Bertz CT molecular complexity index is 637. The summed E-state index contributed by atoms with van der Waals surface area (Å²) in [5.41, 5.74) is 2.33. The summed E-state index contributed by atoms with van der Waals surface area (Å²) in [6.45, 7) is 5.64. The average Bonchev–Trinajstić information content (AvgIpc) is 2.66. The number of hydrogen-bond acceptors (Lipinski definition) is 3. The smallest absolute Gasteiger partial charge is 0.317 e. The van der Waals surface area contributed by atoms with Crippen LogP contribution in [0.25, 0.3) is 0 Å². The number of hydrogen-bond donors (Lipinski definition) is 2. The summed E-state index contributed by atoms with van der Waals surface area (Å²) in [4.78, 5) is 28.8. The largest absolute Gasteiger partial charge is 0.338 e. The first-order valence-electron chi connectivity index (χ1n) is 9.61. The number of carbonyl (C=O) groups excluding carboxylic acids is 2. The monoisotopic (exact) mass is 394 g/mol. The summed E-state index contributed by atoms with van der Waals surface area (Å²) in [5, 5.41) is 6.16. The van der Waals surface area contributed by atoms with Crippen molar-refractivity contribution in [2.45, 2.75) is 38.8 Å². The Balaban J connectivity index is 0.00000261. The molecule has 1 aromatic rings. The molecule has 2 aliphatic rings. The minimum atomic E-state index is 0. The molecule has 0 bridgehead atoms. The molecule has 1 aromatic carbocycles. The van der Waals surface area contributed by atoms with Gasteiger partial charge < -0.3 is 20.4 Å². The van der Waals surface area contributed by atoms with Crippen molar-refractivity contribution in [1.82, 2.24) is 20.4 Å². The third-order valence-corrected chi connectivity index (χ3v) is 5.60. The van der Waals surface area contributed by atoms with Crippen LogP contribution < -0.4 is 10.6 Å². The molecular weight excluding hydrogens is 364 g/mol. The number of piperidine rings is 2. The summed E-state index contributed by atoms with van der Waals surface area (Å²) in [7, 11) is 1.91. The van der Waals surface area contributed by atoms with Crippen LogP contribution in [-0.4, -0.2) is 61.0 Å². The van der Waals surface area contributed by atoms with Gasteiger partial charge in [0, 0.05) is 45.2 Å². The van der Waals surface area contributed by atoms with E-state index in [0.717, 1.165) is 38.0 Å². The summed E-state index contributed by atoms with van der Waals surface area (Å²) in [5.74, 6) is 0.655. The number of urea groups is 1. The van der Waals surface area contributed by atoms with E-state index in [2.05, 4.69) is 29.7 Å². The highest BCUT2D eigenvalue weighted by Crippen LogP contribution is 2.31. The number of nitrogens with one attached hydrogen (secondary N) is 2. The maximum Gasteiger partial charge on any atom is 0.317 e. The molecule has 2 aliphatic heterocycles. The lowest BCUT2D eigenvalue weighted by molar-refractivity contribution is -0.140. The Morgan fingerprint density at radius 3 is 2.67 bits per heavy atom. The number of rotatable bonds is 5. The van der Waals surface area contributed by atoms with Crippen LogP contribution in [-0.2, 0) is 11.3 Å². The van der Waals surface area contributed by atoms with Crippen LogP contribution in [0.4, 0.5) is 4.79 Å². The van der Waals surface area contributed by atoms with Gasteiger partial charge in [-0.1, -0.05) is 29.8 Å². The van der Waals surface area contributed by atoms with Gasteiger partial charge in [0.15, 0.2) is 0 Å². The summed E-state index contributed by atoms with van der Waals surface area (Å²) in [6, 6.07) is 8.51. The van der Waals surface area contributed by atoms with Crippen LogP contribution in [0.1, 0.15) is 30.4 Å². The van der Waals surface area contributed by atoms with E-state index in [1.54, 1.807) is 0 Å². The zero-order chi connectivity index (χ0) is 18.5. The standard InChI is InChI=1S/C20H30N4O2.ClH/c1-15-3-5-16(6-4-15)13-22-20(26)23-11-9-18-17(14-23)7-8-19(25)24(18)12-10-21-2;/h3-6,17-18,21H,7-14H2,1-2H3,(H,22,26);1H/t17-,18+;/m0./s1. The van der Waals surface area contributed by atoms with E-state index < -0.39 is 0 Å². The van der Waals surface area contributed by atoms with E-state index in [-0.39, 0.29) is 30.4 Å². The maximum atomic E-state index is 12.6. The molecule has 6 nitrogen and oxygen atoms in total. The second kappa shape index (κ2) is 9.95. The zero-order valence-electron chi connectivity index (χ0n) is 16.2. The van der Waals surface area contributed by atoms with Crippen molar-refractivity contribution in [2.75, 3.05) is 33.2 Å². The van der Waals surface area contributed by atoms with Gasteiger partial charge >= 0.3 is 6.03 Å². The lowest BCUT2D eigenvalue weighted by atomic mass is 9.83. The highest BCUT2D eigenvalue weighted by molar-refractivity contribution is 5.85. The van der Waals surface area contributed by atoms with E-state index in [4.69, 9.17) is 0 Å². The average molecular weight is 395 g/mol. The Morgan fingerprint density at radius 2 is 1.96 bits per heavy atom. The third-order valence-electron chi connectivity index (χ3n) is 5.60. The van der Waals surface area contributed by atoms with Crippen LogP contribution in [0, 0.1) is 12.8 Å². The predicted molar refractivity (Wildman–Crippen MR) is 109 cm³/mol. The normalized spacial score (nSPS) is 22.1. The van der Waals surface area contributed by atoms with E-state index in [1.165, 1.54) is 5.56 Å². The second-order valence-corrected chi connectivity index (χ2v) is 7.44. The maximum absolute atomic E-state index is 12.6. The molecule has 0 saturated carbocycles. The molecule has 0 unspecified atom stereocenters. The molecule has 27 heavy (non-hydrogen) atoms. The molecule has 2 fully saturated rings. The van der Waals surface area contributed by atoms with Gasteiger partial charge in [0.1, 0.15) is 0 Å². The van der Waals surface area contributed by atoms with Gasteiger partial charge in [0.05, 0.1) is 0 Å². The summed E-state index contributed by atoms with van der Waals surface area (Å²) in [6.07, 6.45) is 2.36. The molecule has 150 valence electrons. The molecule has 2 N–H and O–H groups in total. The fraction of sp³-hybridized carbons (Fsp3) is 0.600. The number of amides is 3. The van der Waals surface area contributed by atoms with E-state index in [1.807, 2.05) is 29.0 Å². The number of likely N-dealkylation sites (tertiary alicyclic amines) is 2. The summed E-state index contributed by atoms with van der Waals surface area (Å²) < 4.78 is 0. The van der Waals surface area contributed by atoms with Gasteiger partial charge in [-0.15, -0.1) is 12.4 Å². The topological polar surface area (TPSA) is 64.7 Å². The van der Waals surface area contributed by atoms with Crippen molar-refractivity contribution in [3.8, 4) is 0 Å². The number of benzene rings is 1. The number of likely N-dealkylation sites (N-methyl/N-ethyl adjacent to an activating group) is 1. The SMILES string of the molecule is CNCCN1C(=O)CC[C@H]2CN(C(=O)NCc3ccc(C)cc3)CC[C@H]21.Cl. The van der Waals surface area contributed by atoms with Gasteiger partial charge in [0.2, 0.25) is 5.91 Å².